The van der Waals surface area contributed by atoms with Crippen LogP contribution in [0.1, 0.15) is 31.9 Å². The second kappa shape index (κ2) is 13.2. The van der Waals surface area contributed by atoms with Gasteiger partial charge < -0.3 is 10.1 Å². The zero-order valence-corrected chi connectivity index (χ0v) is 18.5. The number of allylic oxidation sites excluding steroid dienone is 1. The molecule has 0 atom stereocenters. The van der Waals surface area contributed by atoms with Gasteiger partial charge in [-0.3, -0.25) is 9.78 Å². The third-order valence-electron chi connectivity index (χ3n) is 3.96. The number of hydrogen-bond acceptors (Lipinski definition) is 4. The van der Waals surface area contributed by atoms with E-state index in [4.69, 9.17) is 4.74 Å². The van der Waals surface area contributed by atoms with E-state index >= 15 is 0 Å². The fourth-order valence-electron chi connectivity index (χ4n) is 2.53. The van der Waals surface area contributed by atoms with Crippen molar-refractivity contribution in [3.05, 3.63) is 101 Å². The number of carbonyl (C=O) groups is 1. The Hall–Kier alpha value is -3.05. The zero-order valence-electron chi connectivity index (χ0n) is 17.7. The standard InChI is InChI=1S/C23H22N2O2S.C2H6/c1-2-22(28-17-18-11-13-24-14-12-18)23(26)25-16-19-7-6-10-21(15-19)27-20-8-4-3-5-9-20;1-2/h2-15H,16-17H2,1H3,(H,25,26);1-2H3/b22-2-;. The fraction of sp³-hybridized carbons (Fsp3) is 0.200. The summed E-state index contributed by atoms with van der Waals surface area (Å²) in [5, 5.41) is 2.98. The van der Waals surface area contributed by atoms with Crippen molar-refractivity contribution in [2.45, 2.75) is 33.1 Å². The second-order valence-corrected chi connectivity index (χ2v) is 7.06. The maximum atomic E-state index is 12.5. The Morgan fingerprint density at radius 1 is 0.967 bits per heavy atom. The lowest BCUT2D eigenvalue weighted by Crippen LogP contribution is -2.23. The van der Waals surface area contributed by atoms with E-state index in [0.29, 0.717) is 11.4 Å². The lowest BCUT2D eigenvalue weighted by atomic mass is 10.2. The van der Waals surface area contributed by atoms with Crippen molar-refractivity contribution in [3.8, 4) is 11.5 Å². The van der Waals surface area contributed by atoms with Crippen LogP contribution < -0.4 is 10.1 Å². The number of amides is 1. The molecule has 30 heavy (non-hydrogen) atoms. The highest BCUT2D eigenvalue weighted by Gasteiger charge is 2.09. The molecule has 0 fully saturated rings. The van der Waals surface area contributed by atoms with Gasteiger partial charge in [0.25, 0.3) is 5.91 Å². The molecule has 1 aromatic heterocycles. The molecule has 0 unspecified atom stereocenters. The molecular weight excluding hydrogens is 392 g/mol. The minimum absolute atomic E-state index is 0.0732. The van der Waals surface area contributed by atoms with Gasteiger partial charge in [0.05, 0.1) is 4.91 Å². The van der Waals surface area contributed by atoms with Crippen molar-refractivity contribution in [1.82, 2.24) is 10.3 Å². The van der Waals surface area contributed by atoms with Gasteiger partial charge in [-0.25, -0.2) is 0 Å². The van der Waals surface area contributed by atoms with E-state index < -0.39 is 0 Å². The van der Waals surface area contributed by atoms with Crippen LogP contribution in [0.25, 0.3) is 0 Å². The van der Waals surface area contributed by atoms with Crippen LogP contribution in [0.3, 0.4) is 0 Å². The molecule has 0 aliphatic rings. The van der Waals surface area contributed by atoms with Gasteiger partial charge in [-0.15, -0.1) is 11.8 Å². The maximum absolute atomic E-state index is 12.5. The molecule has 0 bridgehead atoms. The highest BCUT2D eigenvalue weighted by Crippen LogP contribution is 2.23. The number of nitrogens with one attached hydrogen (secondary N) is 1. The van der Waals surface area contributed by atoms with Crippen LogP contribution in [0.2, 0.25) is 0 Å². The molecule has 5 heteroatoms. The number of para-hydroxylation sites is 1. The van der Waals surface area contributed by atoms with E-state index in [-0.39, 0.29) is 5.91 Å². The molecular formula is C25H28N2O2S. The average molecular weight is 421 g/mol. The Morgan fingerprint density at radius 2 is 1.67 bits per heavy atom. The van der Waals surface area contributed by atoms with Gasteiger partial charge in [0.15, 0.2) is 0 Å². The van der Waals surface area contributed by atoms with Crippen LogP contribution in [0.5, 0.6) is 11.5 Å². The summed E-state index contributed by atoms with van der Waals surface area (Å²) in [6.45, 7) is 6.32. The largest absolute Gasteiger partial charge is 0.457 e. The zero-order chi connectivity index (χ0) is 21.6. The number of carbonyl (C=O) groups excluding carboxylic acids is 1. The highest BCUT2D eigenvalue weighted by atomic mass is 32.2. The summed E-state index contributed by atoms with van der Waals surface area (Å²) < 4.78 is 5.85. The summed E-state index contributed by atoms with van der Waals surface area (Å²) in [4.78, 5) is 17.2. The predicted octanol–water partition coefficient (Wildman–Crippen LogP) is 6.35. The van der Waals surface area contributed by atoms with E-state index in [1.807, 2.05) is 93.6 Å². The van der Waals surface area contributed by atoms with E-state index in [0.717, 1.165) is 28.4 Å². The van der Waals surface area contributed by atoms with E-state index in [2.05, 4.69) is 10.3 Å². The maximum Gasteiger partial charge on any atom is 0.257 e. The number of aromatic nitrogens is 1. The molecule has 0 radical (unpaired) electrons. The number of benzene rings is 2. The first-order valence-electron chi connectivity index (χ1n) is 10.0. The van der Waals surface area contributed by atoms with Crippen LogP contribution in [0.15, 0.2) is 90.1 Å². The fourth-order valence-corrected chi connectivity index (χ4v) is 3.42. The highest BCUT2D eigenvalue weighted by molar-refractivity contribution is 8.03. The van der Waals surface area contributed by atoms with Crippen LogP contribution in [0.4, 0.5) is 0 Å². The number of hydrogen-bond donors (Lipinski definition) is 1. The number of nitrogens with zero attached hydrogens (tertiary/aromatic N) is 1. The van der Waals surface area contributed by atoms with Crippen molar-refractivity contribution in [2.24, 2.45) is 0 Å². The smallest absolute Gasteiger partial charge is 0.257 e. The summed E-state index contributed by atoms with van der Waals surface area (Å²) in [5.74, 6) is 2.19. The molecule has 3 rings (SSSR count). The second-order valence-electron chi connectivity index (χ2n) is 6.04. The summed E-state index contributed by atoms with van der Waals surface area (Å²) in [5.41, 5.74) is 2.12. The van der Waals surface area contributed by atoms with Crippen molar-refractivity contribution in [1.29, 1.82) is 0 Å². The molecule has 1 heterocycles. The Kier molecular flexibility index (Phi) is 10.2. The molecule has 1 N–H and O–H groups in total. The van der Waals surface area contributed by atoms with Crippen LogP contribution in [0, 0.1) is 0 Å². The minimum Gasteiger partial charge on any atom is -0.457 e. The Morgan fingerprint density at radius 3 is 2.37 bits per heavy atom. The number of thioether (sulfide) groups is 1. The third-order valence-corrected chi connectivity index (χ3v) is 5.17. The van der Waals surface area contributed by atoms with Gasteiger partial charge in [0.1, 0.15) is 11.5 Å². The molecule has 0 saturated carbocycles. The molecule has 0 aliphatic heterocycles. The Bertz CT molecular complexity index is 928. The molecule has 4 nitrogen and oxygen atoms in total. The SMILES string of the molecule is C/C=C(\SCc1ccncc1)C(=O)NCc1cccc(Oc2ccccc2)c1.CC. The van der Waals surface area contributed by atoms with E-state index in [9.17, 15) is 4.79 Å². The van der Waals surface area contributed by atoms with Gasteiger partial charge in [-0.2, -0.15) is 0 Å². The summed E-state index contributed by atoms with van der Waals surface area (Å²) in [6.07, 6.45) is 5.36. The number of rotatable bonds is 8. The van der Waals surface area contributed by atoms with Crippen LogP contribution in [-0.4, -0.2) is 10.9 Å². The van der Waals surface area contributed by atoms with Crippen LogP contribution in [-0.2, 0) is 17.1 Å². The predicted molar refractivity (Wildman–Crippen MR) is 125 cm³/mol. The monoisotopic (exact) mass is 420 g/mol. The first-order chi connectivity index (χ1) is 14.7. The molecule has 0 aliphatic carbocycles. The van der Waals surface area contributed by atoms with Crippen molar-refractivity contribution in [2.75, 3.05) is 0 Å². The first-order valence-corrected chi connectivity index (χ1v) is 11.0. The van der Waals surface area contributed by atoms with Gasteiger partial charge in [0, 0.05) is 24.7 Å². The van der Waals surface area contributed by atoms with Crippen molar-refractivity contribution < 1.29 is 9.53 Å². The summed E-state index contributed by atoms with van der Waals surface area (Å²) in [7, 11) is 0. The molecule has 1 amide bonds. The molecule has 2 aromatic carbocycles. The number of ether oxygens (including phenoxy) is 1. The average Bonchev–Trinajstić information content (AvgIpc) is 2.81. The number of pyridine rings is 1. The van der Waals surface area contributed by atoms with E-state index in [1.165, 1.54) is 11.8 Å². The molecule has 3 aromatic rings. The third kappa shape index (κ3) is 7.76. The van der Waals surface area contributed by atoms with Gasteiger partial charge in [-0.05, 0) is 54.4 Å². The Balaban J connectivity index is 0.00000155. The lowest BCUT2D eigenvalue weighted by Gasteiger charge is -2.10. The quantitative estimate of drug-likeness (QED) is 0.431. The Labute approximate surface area is 183 Å². The first kappa shape index (κ1) is 23.2. The van der Waals surface area contributed by atoms with Crippen LogP contribution >= 0.6 is 11.8 Å². The topological polar surface area (TPSA) is 51.2 Å². The molecule has 0 saturated heterocycles. The van der Waals surface area contributed by atoms with Gasteiger partial charge in [0.2, 0.25) is 0 Å². The molecule has 156 valence electrons. The van der Waals surface area contributed by atoms with Gasteiger partial charge in [-0.1, -0.05) is 50.3 Å². The normalized spacial score (nSPS) is 10.6. The van der Waals surface area contributed by atoms with Gasteiger partial charge >= 0.3 is 0 Å². The summed E-state index contributed by atoms with van der Waals surface area (Å²) >= 11 is 1.52. The lowest BCUT2D eigenvalue weighted by molar-refractivity contribution is -0.116. The van der Waals surface area contributed by atoms with E-state index in [1.54, 1.807) is 12.4 Å². The van der Waals surface area contributed by atoms with Crippen molar-refractivity contribution in [3.63, 3.8) is 0 Å². The summed E-state index contributed by atoms with van der Waals surface area (Å²) in [6, 6.07) is 21.3. The van der Waals surface area contributed by atoms with Crippen molar-refractivity contribution >= 4 is 17.7 Å². The molecule has 0 spiro atoms. The minimum atomic E-state index is -0.0732.